The van der Waals surface area contributed by atoms with Gasteiger partial charge >= 0.3 is 5.97 Å². The molecule has 2 unspecified atom stereocenters. The molecule has 20 heavy (non-hydrogen) atoms. The van der Waals surface area contributed by atoms with Crippen LogP contribution in [0.4, 0.5) is 5.69 Å². The first-order valence-electron chi connectivity index (χ1n) is 6.05. The lowest BCUT2D eigenvalue weighted by molar-refractivity contribution is -0.387. The second kappa shape index (κ2) is 6.71. The highest BCUT2D eigenvalue weighted by Gasteiger charge is 2.32. The van der Waals surface area contributed by atoms with Gasteiger partial charge in [0, 0.05) is 11.3 Å². The summed E-state index contributed by atoms with van der Waals surface area (Å²) in [5.41, 5.74) is 4.85. The fourth-order valence-corrected chi connectivity index (χ4v) is 3.16. The third kappa shape index (κ3) is 4.21. The van der Waals surface area contributed by atoms with Crippen LogP contribution in [0.25, 0.3) is 0 Å². The number of carbonyl (C=O) groups excluding carboxylic acids is 1. The molecule has 0 saturated carbocycles. The predicted octanol–water partition coefficient (Wildman–Crippen LogP) is 2.36. The molecule has 110 valence electrons. The Hall–Kier alpha value is -1.60. The highest BCUT2D eigenvalue weighted by atomic mass is 32.2. The van der Waals surface area contributed by atoms with Crippen molar-refractivity contribution in [1.82, 2.24) is 0 Å². The minimum Gasteiger partial charge on any atom is -0.468 e. The van der Waals surface area contributed by atoms with Crippen molar-refractivity contribution < 1.29 is 14.5 Å². The lowest BCUT2D eigenvalue weighted by Gasteiger charge is -2.24. The van der Waals surface area contributed by atoms with Gasteiger partial charge in [0.2, 0.25) is 0 Å². The Balaban J connectivity index is 2.79. The monoisotopic (exact) mass is 298 g/mol. The average Bonchev–Trinajstić information content (AvgIpc) is 2.37. The predicted molar refractivity (Wildman–Crippen MR) is 77.6 cm³/mol. The number of nitrogens with two attached hydrogens (primary N) is 1. The Bertz CT molecular complexity index is 505. The third-order valence-electron chi connectivity index (χ3n) is 2.75. The van der Waals surface area contributed by atoms with E-state index in [-0.39, 0.29) is 10.9 Å². The van der Waals surface area contributed by atoms with Crippen LogP contribution in [0.5, 0.6) is 0 Å². The van der Waals surface area contributed by atoms with Crippen molar-refractivity contribution in [1.29, 1.82) is 0 Å². The van der Waals surface area contributed by atoms with E-state index in [4.69, 9.17) is 5.73 Å². The van der Waals surface area contributed by atoms with Crippen LogP contribution in [0.3, 0.4) is 0 Å². The topological polar surface area (TPSA) is 95.5 Å². The summed E-state index contributed by atoms with van der Waals surface area (Å²) in [4.78, 5) is 22.6. The van der Waals surface area contributed by atoms with E-state index in [1.165, 1.54) is 24.9 Å². The minimum absolute atomic E-state index is 0.0566. The maximum Gasteiger partial charge on any atom is 0.325 e. The summed E-state index contributed by atoms with van der Waals surface area (Å²) in [6.45, 7) is 3.46. The normalized spacial score (nSPS) is 15.2. The Morgan fingerprint density at radius 3 is 2.70 bits per heavy atom. The second-order valence-corrected chi connectivity index (χ2v) is 6.25. The number of methoxy groups -OCH3 is 1. The van der Waals surface area contributed by atoms with Gasteiger partial charge in [0.25, 0.3) is 5.69 Å². The quantitative estimate of drug-likeness (QED) is 0.375. The molecular weight excluding hydrogens is 280 g/mol. The van der Waals surface area contributed by atoms with E-state index in [1.54, 1.807) is 25.1 Å². The fraction of sp³-hybridized carbons (Fsp3) is 0.462. The van der Waals surface area contributed by atoms with Crippen LogP contribution in [-0.4, -0.2) is 28.8 Å². The molecule has 0 heterocycles. The first-order valence-corrected chi connectivity index (χ1v) is 6.93. The van der Waals surface area contributed by atoms with Crippen molar-refractivity contribution in [2.45, 2.75) is 36.0 Å². The van der Waals surface area contributed by atoms with Crippen molar-refractivity contribution in [2.75, 3.05) is 7.11 Å². The van der Waals surface area contributed by atoms with Gasteiger partial charge in [0.15, 0.2) is 0 Å². The fourth-order valence-electron chi connectivity index (χ4n) is 1.88. The van der Waals surface area contributed by atoms with Crippen molar-refractivity contribution in [3.8, 4) is 0 Å². The molecule has 0 aliphatic rings. The van der Waals surface area contributed by atoms with E-state index in [2.05, 4.69) is 4.74 Å². The van der Waals surface area contributed by atoms with Crippen LogP contribution >= 0.6 is 11.8 Å². The summed E-state index contributed by atoms with van der Waals surface area (Å²) in [5.74, 6) is -0.493. The van der Waals surface area contributed by atoms with Crippen molar-refractivity contribution >= 4 is 23.4 Å². The van der Waals surface area contributed by atoms with Gasteiger partial charge in [0.1, 0.15) is 5.54 Å². The van der Waals surface area contributed by atoms with Crippen LogP contribution < -0.4 is 5.73 Å². The molecule has 2 N–H and O–H groups in total. The Morgan fingerprint density at radius 1 is 1.55 bits per heavy atom. The van der Waals surface area contributed by atoms with Gasteiger partial charge in [-0.05, 0) is 19.4 Å². The largest absolute Gasteiger partial charge is 0.468 e. The van der Waals surface area contributed by atoms with Gasteiger partial charge in [0.05, 0.1) is 16.9 Å². The first kappa shape index (κ1) is 16.5. The third-order valence-corrected chi connectivity index (χ3v) is 3.92. The molecule has 0 aromatic heterocycles. The maximum absolute atomic E-state index is 11.5. The molecule has 2 atom stereocenters. The average molecular weight is 298 g/mol. The molecular formula is C13H18N2O4S. The number of nitro groups is 1. The molecule has 1 aromatic carbocycles. The summed E-state index contributed by atoms with van der Waals surface area (Å²) in [6, 6.07) is 6.50. The smallest absolute Gasteiger partial charge is 0.325 e. The zero-order valence-corrected chi connectivity index (χ0v) is 12.5. The first-order chi connectivity index (χ1) is 9.27. The molecule has 7 heteroatoms. The molecule has 1 rings (SSSR count). The van der Waals surface area contributed by atoms with Crippen molar-refractivity contribution in [3.05, 3.63) is 34.4 Å². The second-order valence-electron chi connectivity index (χ2n) is 4.77. The zero-order valence-electron chi connectivity index (χ0n) is 11.7. The number of thioether (sulfide) groups is 1. The van der Waals surface area contributed by atoms with E-state index >= 15 is 0 Å². The minimum atomic E-state index is -1.11. The summed E-state index contributed by atoms with van der Waals surface area (Å²) < 4.78 is 4.65. The van der Waals surface area contributed by atoms with E-state index in [0.717, 1.165) is 0 Å². The molecule has 6 nitrogen and oxygen atoms in total. The molecule has 0 spiro atoms. The van der Waals surface area contributed by atoms with Gasteiger partial charge in [-0.2, -0.15) is 0 Å². The Morgan fingerprint density at radius 2 is 2.15 bits per heavy atom. The summed E-state index contributed by atoms with van der Waals surface area (Å²) >= 11 is 1.32. The SMILES string of the molecule is COC(=O)C(C)(N)CC(C)Sc1ccccc1[N+](=O)[O-]. The number of nitrogens with zero attached hydrogens (tertiary/aromatic N) is 1. The molecule has 0 radical (unpaired) electrons. The van der Waals surface area contributed by atoms with Crippen LogP contribution in [-0.2, 0) is 9.53 Å². The molecule has 0 aliphatic carbocycles. The standard InChI is InChI=1S/C13H18N2O4S/c1-9(8-13(2,14)12(16)19-3)20-11-7-5-4-6-10(11)15(17)18/h4-7,9H,8,14H2,1-3H3. The maximum atomic E-state index is 11.5. The van der Waals surface area contributed by atoms with Gasteiger partial charge < -0.3 is 10.5 Å². The number of para-hydroxylation sites is 1. The van der Waals surface area contributed by atoms with E-state index in [1.807, 2.05) is 6.92 Å². The highest BCUT2D eigenvalue weighted by Crippen LogP contribution is 2.34. The summed E-state index contributed by atoms with van der Waals surface area (Å²) in [7, 11) is 1.29. The van der Waals surface area contributed by atoms with E-state index < -0.39 is 16.4 Å². The van der Waals surface area contributed by atoms with Crippen LogP contribution in [0, 0.1) is 10.1 Å². The van der Waals surface area contributed by atoms with Crippen molar-refractivity contribution in [2.24, 2.45) is 5.73 Å². The lowest BCUT2D eigenvalue weighted by atomic mass is 9.98. The van der Waals surface area contributed by atoms with Crippen LogP contribution in [0.2, 0.25) is 0 Å². The van der Waals surface area contributed by atoms with Gasteiger partial charge in [-0.1, -0.05) is 19.1 Å². The Kier molecular flexibility index (Phi) is 5.52. The van der Waals surface area contributed by atoms with Crippen LogP contribution in [0.1, 0.15) is 20.3 Å². The number of ether oxygens (including phenoxy) is 1. The van der Waals surface area contributed by atoms with E-state index in [0.29, 0.717) is 11.3 Å². The Labute approximate surface area is 121 Å². The van der Waals surface area contributed by atoms with Crippen molar-refractivity contribution in [3.63, 3.8) is 0 Å². The van der Waals surface area contributed by atoms with Gasteiger partial charge in [-0.3, -0.25) is 14.9 Å². The highest BCUT2D eigenvalue weighted by molar-refractivity contribution is 8.00. The number of hydrogen-bond acceptors (Lipinski definition) is 6. The molecule has 0 saturated heterocycles. The molecule has 0 amide bonds. The number of hydrogen-bond donors (Lipinski definition) is 1. The zero-order chi connectivity index (χ0) is 15.3. The summed E-state index contributed by atoms with van der Waals surface area (Å²) in [5, 5.41) is 10.9. The van der Waals surface area contributed by atoms with Gasteiger partial charge in [-0.15, -0.1) is 11.8 Å². The molecule has 0 fully saturated rings. The van der Waals surface area contributed by atoms with E-state index in [9.17, 15) is 14.9 Å². The molecule has 0 aliphatic heterocycles. The van der Waals surface area contributed by atoms with Gasteiger partial charge in [-0.25, -0.2) is 0 Å². The number of esters is 1. The van der Waals surface area contributed by atoms with Crippen LogP contribution in [0.15, 0.2) is 29.2 Å². The number of rotatable bonds is 6. The summed E-state index contributed by atoms with van der Waals surface area (Å²) in [6.07, 6.45) is 0.358. The number of carbonyl (C=O) groups is 1. The number of benzene rings is 1. The molecule has 0 bridgehead atoms. The molecule has 1 aromatic rings. The lowest BCUT2D eigenvalue weighted by Crippen LogP contribution is -2.47. The number of nitro benzene ring substituents is 1.